The van der Waals surface area contributed by atoms with Crippen LogP contribution in [0.5, 0.6) is 0 Å². The lowest BCUT2D eigenvalue weighted by molar-refractivity contribution is -0.697. The molecular formula is C9H14N3S+. The molecule has 1 aromatic heterocycles. The monoisotopic (exact) mass is 196 g/mol. The topological polar surface area (TPSA) is 43.5 Å². The van der Waals surface area contributed by atoms with Crippen LogP contribution in [0.25, 0.3) is 0 Å². The molecule has 13 heavy (non-hydrogen) atoms. The number of H-pyrrole nitrogens is 1. The fourth-order valence-corrected chi connectivity index (χ4v) is 1.75. The number of hydrogen-bond donors (Lipinski definition) is 1. The van der Waals surface area contributed by atoms with Gasteiger partial charge in [-0.3, -0.25) is 0 Å². The maximum Gasteiger partial charge on any atom is 0.268 e. The molecule has 0 fully saturated rings. The molecule has 0 aliphatic heterocycles. The van der Waals surface area contributed by atoms with Gasteiger partial charge in [0.15, 0.2) is 0 Å². The highest BCUT2D eigenvalue weighted by atomic mass is 32.2. The highest BCUT2D eigenvalue weighted by Gasteiger charge is 2.08. The summed E-state index contributed by atoms with van der Waals surface area (Å²) in [6.07, 6.45) is 4.33. The van der Waals surface area contributed by atoms with Crippen molar-refractivity contribution in [2.45, 2.75) is 19.9 Å². The Hall–Kier alpha value is -0.950. The van der Waals surface area contributed by atoms with Gasteiger partial charge >= 0.3 is 0 Å². The molecule has 0 saturated carbocycles. The van der Waals surface area contributed by atoms with Crippen molar-refractivity contribution >= 4 is 11.8 Å². The van der Waals surface area contributed by atoms with Gasteiger partial charge in [-0.05, 0) is 5.75 Å². The van der Waals surface area contributed by atoms with Gasteiger partial charge in [0.2, 0.25) is 0 Å². The van der Waals surface area contributed by atoms with Crippen LogP contribution in [0.3, 0.4) is 0 Å². The summed E-state index contributed by atoms with van der Waals surface area (Å²) in [7, 11) is 0. The van der Waals surface area contributed by atoms with Gasteiger partial charge in [0.05, 0.1) is 12.6 Å². The van der Waals surface area contributed by atoms with Crippen molar-refractivity contribution in [3.8, 4) is 6.07 Å². The van der Waals surface area contributed by atoms with Crippen LogP contribution in [-0.2, 0) is 13.0 Å². The van der Waals surface area contributed by atoms with E-state index >= 15 is 0 Å². The van der Waals surface area contributed by atoms with Crippen molar-refractivity contribution < 1.29 is 4.57 Å². The number of hydrogen-bond acceptors (Lipinski definition) is 2. The van der Waals surface area contributed by atoms with Crippen molar-refractivity contribution in [3.05, 3.63) is 18.2 Å². The molecule has 0 aliphatic rings. The third-order valence-corrected chi connectivity index (χ3v) is 2.66. The standard InChI is InChI=1S/C9H13N3S/c1-2-13-8-7-12-6-5-11-9(12)3-4-10/h5-6H,2-3,7-8H2,1H3/p+1. The van der Waals surface area contributed by atoms with Gasteiger partial charge in [0.25, 0.3) is 5.82 Å². The SMILES string of the molecule is CCSCC[n+]1cc[nH]c1CC#N. The number of imidazole rings is 1. The lowest BCUT2D eigenvalue weighted by Gasteiger charge is -1.97. The first-order valence-electron chi connectivity index (χ1n) is 4.39. The predicted molar refractivity (Wildman–Crippen MR) is 53.3 cm³/mol. The number of rotatable bonds is 5. The Morgan fingerprint density at radius 2 is 2.54 bits per heavy atom. The van der Waals surface area contributed by atoms with Crippen LogP contribution >= 0.6 is 11.8 Å². The lowest BCUT2D eigenvalue weighted by Crippen LogP contribution is -2.37. The number of thioether (sulfide) groups is 1. The van der Waals surface area contributed by atoms with Gasteiger partial charge in [-0.15, -0.1) is 0 Å². The number of nitriles is 1. The highest BCUT2D eigenvalue weighted by molar-refractivity contribution is 7.99. The van der Waals surface area contributed by atoms with E-state index in [1.165, 1.54) is 0 Å². The van der Waals surface area contributed by atoms with Crippen molar-refractivity contribution in [2.24, 2.45) is 0 Å². The summed E-state index contributed by atoms with van der Waals surface area (Å²) in [6, 6.07) is 2.14. The van der Waals surface area contributed by atoms with Crippen LogP contribution in [0.2, 0.25) is 0 Å². The molecule has 0 atom stereocenters. The van der Waals surface area contributed by atoms with Gasteiger partial charge in [-0.25, -0.2) is 9.55 Å². The molecule has 1 rings (SSSR count). The van der Waals surface area contributed by atoms with E-state index in [9.17, 15) is 0 Å². The first-order valence-corrected chi connectivity index (χ1v) is 5.54. The molecule has 0 unspecified atom stereocenters. The summed E-state index contributed by atoms with van der Waals surface area (Å²) in [5, 5.41) is 8.55. The fraction of sp³-hybridized carbons (Fsp3) is 0.556. The molecule has 0 saturated heterocycles. The Labute approximate surface area is 82.8 Å². The minimum Gasteiger partial charge on any atom is -0.247 e. The van der Waals surface area contributed by atoms with Crippen molar-refractivity contribution in [1.29, 1.82) is 5.26 Å². The zero-order chi connectivity index (χ0) is 9.52. The third kappa shape index (κ3) is 3.11. The molecule has 1 N–H and O–H groups in total. The summed E-state index contributed by atoms with van der Waals surface area (Å²) in [5.74, 6) is 3.26. The van der Waals surface area contributed by atoms with Crippen LogP contribution in [0.4, 0.5) is 0 Å². The zero-order valence-corrected chi connectivity index (χ0v) is 8.60. The zero-order valence-electron chi connectivity index (χ0n) is 7.79. The number of nitrogens with one attached hydrogen (secondary N) is 1. The molecule has 0 spiro atoms. The Morgan fingerprint density at radius 3 is 3.23 bits per heavy atom. The first kappa shape index (κ1) is 10.1. The maximum absolute atomic E-state index is 8.55. The van der Waals surface area contributed by atoms with Gasteiger partial charge in [-0.2, -0.15) is 17.0 Å². The summed E-state index contributed by atoms with van der Waals surface area (Å²) in [6.45, 7) is 3.14. The number of nitrogens with zero attached hydrogens (tertiary/aromatic N) is 2. The summed E-state index contributed by atoms with van der Waals surface area (Å²) < 4.78 is 2.10. The van der Waals surface area contributed by atoms with Crippen LogP contribution in [0.15, 0.2) is 12.4 Å². The van der Waals surface area contributed by atoms with E-state index in [0.29, 0.717) is 6.42 Å². The van der Waals surface area contributed by atoms with E-state index in [-0.39, 0.29) is 0 Å². The number of aryl methyl sites for hydroxylation is 1. The molecule has 3 nitrogen and oxygen atoms in total. The normalized spacial score (nSPS) is 9.85. The minimum absolute atomic E-state index is 0.462. The van der Waals surface area contributed by atoms with E-state index < -0.39 is 0 Å². The quantitative estimate of drug-likeness (QED) is 0.566. The molecule has 1 heterocycles. The Balaban J connectivity index is 2.46. The van der Waals surface area contributed by atoms with Crippen LogP contribution in [-0.4, -0.2) is 16.5 Å². The van der Waals surface area contributed by atoms with Gasteiger partial charge in [0, 0.05) is 5.75 Å². The first-order chi connectivity index (χ1) is 6.38. The Kier molecular flexibility index (Phi) is 4.41. The largest absolute Gasteiger partial charge is 0.268 e. The van der Waals surface area contributed by atoms with Gasteiger partial charge < -0.3 is 0 Å². The third-order valence-electron chi connectivity index (χ3n) is 1.78. The average molecular weight is 196 g/mol. The van der Waals surface area contributed by atoms with Crippen LogP contribution in [0, 0.1) is 11.3 Å². The van der Waals surface area contributed by atoms with Crippen molar-refractivity contribution in [2.75, 3.05) is 11.5 Å². The smallest absolute Gasteiger partial charge is 0.247 e. The van der Waals surface area contributed by atoms with Crippen LogP contribution in [0.1, 0.15) is 12.7 Å². The average Bonchev–Trinajstić information content (AvgIpc) is 2.54. The van der Waals surface area contributed by atoms with E-state index in [1.54, 1.807) is 0 Å². The highest BCUT2D eigenvalue weighted by Crippen LogP contribution is 1.97. The van der Waals surface area contributed by atoms with E-state index in [2.05, 4.69) is 22.5 Å². The molecule has 1 aromatic rings. The molecule has 0 aliphatic carbocycles. The molecular weight excluding hydrogens is 182 g/mol. The predicted octanol–water partition coefficient (Wildman–Crippen LogP) is 1.12. The molecule has 0 bridgehead atoms. The number of aromatic nitrogens is 2. The van der Waals surface area contributed by atoms with E-state index in [0.717, 1.165) is 23.9 Å². The van der Waals surface area contributed by atoms with Gasteiger partial charge in [0.1, 0.15) is 18.8 Å². The molecule has 0 aromatic carbocycles. The summed E-state index contributed by atoms with van der Waals surface area (Å²) >= 11 is 1.92. The van der Waals surface area contributed by atoms with E-state index in [1.807, 2.05) is 24.2 Å². The molecule has 0 amide bonds. The Morgan fingerprint density at radius 1 is 1.69 bits per heavy atom. The van der Waals surface area contributed by atoms with Gasteiger partial charge in [-0.1, -0.05) is 6.92 Å². The van der Waals surface area contributed by atoms with Crippen LogP contribution < -0.4 is 4.57 Å². The minimum atomic E-state index is 0.462. The van der Waals surface area contributed by atoms with E-state index in [4.69, 9.17) is 5.26 Å². The molecule has 0 radical (unpaired) electrons. The molecule has 70 valence electrons. The summed E-state index contributed by atoms with van der Waals surface area (Å²) in [5.41, 5.74) is 0. The maximum atomic E-state index is 8.55. The van der Waals surface area contributed by atoms with Crippen molar-refractivity contribution in [1.82, 2.24) is 4.98 Å². The summed E-state index contributed by atoms with van der Waals surface area (Å²) in [4.78, 5) is 3.06. The Bertz CT molecular complexity index is 287. The number of aromatic amines is 1. The second-order valence-corrected chi connectivity index (χ2v) is 4.03. The lowest BCUT2D eigenvalue weighted by atomic mass is 10.4. The second-order valence-electron chi connectivity index (χ2n) is 2.63. The molecule has 4 heteroatoms. The fourth-order valence-electron chi connectivity index (χ4n) is 1.14. The van der Waals surface area contributed by atoms with Crippen molar-refractivity contribution in [3.63, 3.8) is 0 Å². The second kappa shape index (κ2) is 5.65.